The minimum atomic E-state index is -0.434. The van der Waals surface area contributed by atoms with Gasteiger partial charge in [0.25, 0.3) is 0 Å². The van der Waals surface area contributed by atoms with Crippen LogP contribution in [0.25, 0.3) is 0 Å². The summed E-state index contributed by atoms with van der Waals surface area (Å²) >= 11 is 0. The number of hydrogen-bond acceptors (Lipinski definition) is 3. The van der Waals surface area contributed by atoms with Crippen LogP contribution in [0.5, 0.6) is 0 Å². The van der Waals surface area contributed by atoms with Gasteiger partial charge >= 0.3 is 0 Å². The fraction of sp³-hybridized carbons (Fsp3) is 0.500. The molecule has 0 aliphatic carbocycles. The molecule has 1 aromatic rings. The van der Waals surface area contributed by atoms with E-state index in [2.05, 4.69) is 30.8 Å². The van der Waals surface area contributed by atoms with Crippen LogP contribution in [0.4, 0.5) is 10.1 Å². The van der Waals surface area contributed by atoms with Gasteiger partial charge in [0, 0.05) is 24.8 Å². The van der Waals surface area contributed by atoms with Gasteiger partial charge in [0.15, 0.2) is 0 Å². The Morgan fingerprint density at radius 1 is 1.39 bits per heavy atom. The average Bonchev–Trinajstić information content (AvgIpc) is 2.71. The molecule has 0 spiro atoms. The SMILES string of the molecule is CC1CN(c2ccc(C#N)c(F)c2)CC1N(C)C. The Balaban J connectivity index is 2.19. The minimum Gasteiger partial charge on any atom is -0.370 e. The summed E-state index contributed by atoms with van der Waals surface area (Å²) < 4.78 is 13.6. The van der Waals surface area contributed by atoms with Crippen molar-refractivity contribution in [2.45, 2.75) is 13.0 Å². The summed E-state index contributed by atoms with van der Waals surface area (Å²) in [6, 6.07) is 7.18. The lowest BCUT2D eigenvalue weighted by Crippen LogP contribution is -2.34. The Bertz CT molecular complexity index is 478. The van der Waals surface area contributed by atoms with Gasteiger partial charge in [-0.05, 0) is 38.2 Å². The quantitative estimate of drug-likeness (QED) is 0.801. The highest BCUT2D eigenvalue weighted by atomic mass is 19.1. The van der Waals surface area contributed by atoms with E-state index in [9.17, 15) is 4.39 Å². The van der Waals surface area contributed by atoms with Crippen molar-refractivity contribution in [1.82, 2.24) is 4.90 Å². The Morgan fingerprint density at radius 2 is 2.11 bits per heavy atom. The summed E-state index contributed by atoms with van der Waals surface area (Å²) in [7, 11) is 4.15. The molecule has 1 aliphatic heterocycles. The first-order valence-electron chi connectivity index (χ1n) is 6.14. The maximum atomic E-state index is 13.6. The van der Waals surface area contributed by atoms with Crippen LogP contribution in [0.1, 0.15) is 12.5 Å². The van der Waals surface area contributed by atoms with Crippen LogP contribution in [-0.4, -0.2) is 38.1 Å². The van der Waals surface area contributed by atoms with Gasteiger partial charge in [0.2, 0.25) is 0 Å². The number of anilines is 1. The predicted molar refractivity (Wildman–Crippen MR) is 70.0 cm³/mol. The van der Waals surface area contributed by atoms with Crippen LogP contribution in [-0.2, 0) is 0 Å². The van der Waals surface area contributed by atoms with Crippen molar-refractivity contribution in [3.05, 3.63) is 29.6 Å². The molecule has 4 heteroatoms. The summed E-state index contributed by atoms with van der Waals surface area (Å²) in [6.07, 6.45) is 0. The molecule has 0 saturated carbocycles. The third-order valence-electron chi connectivity index (χ3n) is 3.67. The molecule has 1 heterocycles. The summed E-state index contributed by atoms with van der Waals surface area (Å²) in [4.78, 5) is 4.39. The lowest BCUT2D eigenvalue weighted by Gasteiger charge is -2.23. The van der Waals surface area contributed by atoms with E-state index in [1.54, 1.807) is 6.07 Å². The van der Waals surface area contributed by atoms with Crippen molar-refractivity contribution < 1.29 is 4.39 Å². The zero-order valence-electron chi connectivity index (χ0n) is 11.0. The molecule has 1 aliphatic rings. The number of likely N-dealkylation sites (N-methyl/N-ethyl adjacent to an activating group) is 1. The Morgan fingerprint density at radius 3 is 2.61 bits per heavy atom. The first-order valence-corrected chi connectivity index (χ1v) is 6.14. The lowest BCUT2D eigenvalue weighted by atomic mass is 10.1. The van der Waals surface area contributed by atoms with Crippen molar-refractivity contribution >= 4 is 5.69 Å². The maximum absolute atomic E-state index is 13.6. The van der Waals surface area contributed by atoms with Gasteiger partial charge in [-0.15, -0.1) is 0 Å². The molecule has 0 amide bonds. The molecule has 18 heavy (non-hydrogen) atoms. The van der Waals surface area contributed by atoms with Crippen molar-refractivity contribution in [1.29, 1.82) is 5.26 Å². The highest BCUT2D eigenvalue weighted by molar-refractivity contribution is 5.51. The van der Waals surface area contributed by atoms with Crippen molar-refractivity contribution in [3.8, 4) is 6.07 Å². The first-order chi connectivity index (χ1) is 8.52. The minimum absolute atomic E-state index is 0.107. The zero-order valence-corrected chi connectivity index (χ0v) is 11.0. The standard InChI is InChI=1S/C14H18FN3/c1-10-8-18(9-14(10)17(2)3)12-5-4-11(7-16)13(15)6-12/h4-6,10,14H,8-9H2,1-3H3. The normalized spacial score (nSPS) is 23.4. The number of halogens is 1. The van der Waals surface area contributed by atoms with Gasteiger partial charge in [0.05, 0.1) is 5.56 Å². The smallest absolute Gasteiger partial charge is 0.143 e. The molecule has 1 saturated heterocycles. The van der Waals surface area contributed by atoms with Gasteiger partial charge in [-0.3, -0.25) is 0 Å². The predicted octanol–water partition coefficient (Wildman–Crippen LogP) is 2.08. The molecule has 0 radical (unpaired) electrons. The van der Waals surface area contributed by atoms with E-state index < -0.39 is 5.82 Å². The van der Waals surface area contributed by atoms with E-state index >= 15 is 0 Å². The Kier molecular flexibility index (Phi) is 3.53. The van der Waals surface area contributed by atoms with Gasteiger partial charge in [0.1, 0.15) is 11.9 Å². The Hall–Kier alpha value is -1.60. The second-order valence-electron chi connectivity index (χ2n) is 5.19. The second-order valence-corrected chi connectivity index (χ2v) is 5.19. The molecule has 0 bridgehead atoms. The van der Waals surface area contributed by atoms with Crippen molar-refractivity contribution in [2.75, 3.05) is 32.1 Å². The number of nitriles is 1. The molecule has 2 unspecified atom stereocenters. The van der Waals surface area contributed by atoms with Crippen LogP contribution >= 0.6 is 0 Å². The number of nitrogens with zero attached hydrogens (tertiary/aromatic N) is 3. The molecule has 1 fully saturated rings. The van der Waals surface area contributed by atoms with E-state index in [4.69, 9.17) is 5.26 Å². The number of rotatable bonds is 2. The van der Waals surface area contributed by atoms with Crippen LogP contribution < -0.4 is 4.90 Å². The monoisotopic (exact) mass is 247 g/mol. The topological polar surface area (TPSA) is 30.3 Å². The molecule has 2 rings (SSSR count). The third kappa shape index (κ3) is 2.32. The summed E-state index contributed by atoms with van der Waals surface area (Å²) in [5, 5.41) is 8.72. The summed E-state index contributed by atoms with van der Waals surface area (Å²) in [6.45, 7) is 4.04. The van der Waals surface area contributed by atoms with E-state index in [1.165, 1.54) is 6.07 Å². The molecule has 0 N–H and O–H groups in total. The number of benzene rings is 1. The summed E-state index contributed by atoms with van der Waals surface area (Å²) in [5.74, 6) is 0.120. The highest BCUT2D eigenvalue weighted by Gasteiger charge is 2.31. The van der Waals surface area contributed by atoms with E-state index in [0.717, 1.165) is 18.8 Å². The van der Waals surface area contributed by atoms with Crippen molar-refractivity contribution in [2.24, 2.45) is 5.92 Å². The molecule has 2 atom stereocenters. The van der Waals surface area contributed by atoms with E-state index in [1.807, 2.05) is 12.1 Å². The lowest BCUT2D eigenvalue weighted by molar-refractivity contribution is 0.266. The molecule has 96 valence electrons. The average molecular weight is 247 g/mol. The highest BCUT2D eigenvalue weighted by Crippen LogP contribution is 2.27. The first kappa shape index (κ1) is 12.8. The third-order valence-corrected chi connectivity index (χ3v) is 3.67. The van der Waals surface area contributed by atoms with Gasteiger partial charge in [-0.25, -0.2) is 4.39 Å². The molecular weight excluding hydrogens is 229 g/mol. The molecule has 0 aromatic heterocycles. The van der Waals surface area contributed by atoms with E-state index in [0.29, 0.717) is 12.0 Å². The fourth-order valence-electron chi connectivity index (χ4n) is 2.62. The second kappa shape index (κ2) is 4.95. The largest absolute Gasteiger partial charge is 0.370 e. The van der Waals surface area contributed by atoms with Gasteiger partial charge < -0.3 is 9.80 Å². The van der Waals surface area contributed by atoms with Crippen LogP contribution in [0.15, 0.2) is 18.2 Å². The number of hydrogen-bond donors (Lipinski definition) is 0. The fourth-order valence-corrected chi connectivity index (χ4v) is 2.62. The van der Waals surface area contributed by atoms with E-state index in [-0.39, 0.29) is 5.56 Å². The van der Waals surface area contributed by atoms with Gasteiger partial charge in [-0.1, -0.05) is 6.92 Å². The van der Waals surface area contributed by atoms with Crippen LogP contribution in [0.3, 0.4) is 0 Å². The summed E-state index contributed by atoms with van der Waals surface area (Å²) in [5.41, 5.74) is 0.970. The zero-order chi connectivity index (χ0) is 13.3. The van der Waals surface area contributed by atoms with Crippen LogP contribution in [0.2, 0.25) is 0 Å². The molecule has 3 nitrogen and oxygen atoms in total. The maximum Gasteiger partial charge on any atom is 0.143 e. The molecule has 1 aromatic carbocycles. The Labute approximate surface area is 107 Å². The van der Waals surface area contributed by atoms with Crippen molar-refractivity contribution in [3.63, 3.8) is 0 Å². The molecular formula is C14H18FN3. The van der Waals surface area contributed by atoms with Gasteiger partial charge in [-0.2, -0.15) is 5.26 Å². The van der Waals surface area contributed by atoms with Crippen LogP contribution in [0, 0.1) is 23.1 Å².